The van der Waals surface area contributed by atoms with Gasteiger partial charge in [0, 0.05) is 36.0 Å². The molecule has 2 N–H and O–H groups in total. The molecule has 0 aliphatic carbocycles. The van der Waals surface area contributed by atoms with E-state index in [0.717, 1.165) is 12.2 Å². The molecule has 0 aliphatic heterocycles. The molecule has 3 aromatic rings. The molecular formula is C17H20N2O. The summed E-state index contributed by atoms with van der Waals surface area (Å²) in [6, 6.07) is 12.5. The largest absolute Gasteiger partial charge is 0.469 e. The molecule has 20 heavy (non-hydrogen) atoms. The number of aryl methyl sites for hydroxylation is 1. The van der Waals surface area contributed by atoms with Gasteiger partial charge in [-0.25, -0.2) is 0 Å². The summed E-state index contributed by atoms with van der Waals surface area (Å²) in [5, 5.41) is 1.30. The number of para-hydroxylation sites is 1. The van der Waals surface area contributed by atoms with Gasteiger partial charge in [-0.3, -0.25) is 0 Å². The van der Waals surface area contributed by atoms with Gasteiger partial charge in [-0.2, -0.15) is 0 Å². The summed E-state index contributed by atoms with van der Waals surface area (Å²) in [4.78, 5) is 0. The van der Waals surface area contributed by atoms with Gasteiger partial charge < -0.3 is 14.7 Å². The molecule has 0 bridgehead atoms. The molecule has 3 nitrogen and oxygen atoms in total. The van der Waals surface area contributed by atoms with Crippen molar-refractivity contribution in [3.05, 3.63) is 59.7 Å². The molecule has 2 aromatic heterocycles. The Morgan fingerprint density at radius 1 is 1.20 bits per heavy atom. The fraction of sp³-hybridized carbons (Fsp3) is 0.294. The number of aromatic nitrogens is 1. The van der Waals surface area contributed by atoms with Crippen LogP contribution in [0.15, 0.2) is 47.1 Å². The van der Waals surface area contributed by atoms with E-state index in [1.54, 1.807) is 6.26 Å². The highest BCUT2D eigenvalue weighted by Crippen LogP contribution is 2.32. The average molecular weight is 268 g/mol. The summed E-state index contributed by atoms with van der Waals surface area (Å²) < 4.78 is 7.73. The molecule has 0 spiro atoms. The minimum absolute atomic E-state index is 0.284. The molecule has 0 radical (unpaired) electrons. The first kappa shape index (κ1) is 13.0. The molecule has 1 atom stereocenters. The lowest BCUT2D eigenvalue weighted by atomic mass is 9.92. The second-order valence-corrected chi connectivity index (χ2v) is 5.29. The Morgan fingerprint density at radius 2 is 2.00 bits per heavy atom. The van der Waals surface area contributed by atoms with E-state index in [1.807, 2.05) is 12.1 Å². The van der Waals surface area contributed by atoms with Crippen molar-refractivity contribution in [2.45, 2.75) is 19.3 Å². The van der Waals surface area contributed by atoms with Crippen LogP contribution in [0.2, 0.25) is 0 Å². The molecular weight excluding hydrogens is 248 g/mol. The Hall–Kier alpha value is -2.00. The number of hydrogen-bond acceptors (Lipinski definition) is 2. The Morgan fingerprint density at radius 3 is 2.70 bits per heavy atom. The number of nitrogens with zero attached hydrogens (tertiary/aromatic N) is 1. The SMILES string of the molecule is Cc1c(C(CN)Cc2ccco2)c2ccccc2n1C. The van der Waals surface area contributed by atoms with Gasteiger partial charge >= 0.3 is 0 Å². The highest BCUT2D eigenvalue weighted by atomic mass is 16.3. The second-order valence-electron chi connectivity index (χ2n) is 5.29. The smallest absolute Gasteiger partial charge is 0.104 e. The molecule has 1 aromatic carbocycles. The van der Waals surface area contributed by atoms with E-state index < -0.39 is 0 Å². The maximum atomic E-state index is 6.04. The van der Waals surface area contributed by atoms with Crippen molar-refractivity contribution in [2.75, 3.05) is 6.54 Å². The predicted octanol–water partition coefficient (Wildman–Crippen LogP) is 3.36. The highest BCUT2D eigenvalue weighted by molar-refractivity contribution is 5.86. The first-order chi connectivity index (χ1) is 9.72. The zero-order valence-corrected chi connectivity index (χ0v) is 12.0. The highest BCUT2D eigenvalue weighted by Gasteiger charge is 2.20. The summed E-state index contributed by atoms with van der Waals surface area (Å²) in [6.07, 6.45) is 2.57. The normalized spacial score (nSPS) is 12.9. The molecule has 1 unspecified atom stereocenters. The van der Waals surface area contributed by atoms with Crippen LogP contribution >= 0.6 is 0 Å². The van der Waals surface area contributed by atoms with E-state index in [-0.39, 0.29) is 5.92 Å². The zero-order chi connectivity index (χ0) is 14.1. The lowest BCUT2D eigenvalue weighted by molar-refractivity contribution is 0.486. The van der Waals surface area contributed by atoms with Gasteiger partial charge in [-0.15, -0.1) is 0 Å². The van der Waals surface area contributed by atoms with E-state index in [1.165, 1.54) is 22.2 Å². The molecule has 3 heteroatoms. The van der Waals surface area contributed by atoms with Crippen LogP contribution in [0, 0.1) is 6.92 Å². The van der Waals surface area contributed by atoms with Crippen LogP contribution < -0.4 is 5.73 Å². The van der Waals surface area contributed by atoms with E-state index in [9.17, 15) is 0 Å². The molecule has 0 aliphatic rings. The Kier molecular flexibility index (Phi) is 3.36. The maximum absolute atomic E-state index is 6.04. The van der Waals surface area contributed by atoms with Gasteiger partial charge in [0.25, 0.3) is 0 Å². The van der Waals surface area contributed by atoms with Gasteiger partial charge in [-0.05, 0) is 37.2 Å². The number of furan rings is 1. The van der Waals surface area contributed by atoms with Crippen LogP contribution in [0.4, 0.5) is 0 Å². The van der Waals surface area contributed by atoms with Crippen LogP contribution in [0.5, 0.6) is 0 Å². The second kappa shape index (κ2) is 5.17. The van der Waals surface area contributed by atoms with Crippen molar-refractivity contribution in [3.63, 3.8) is 0 Å². The third kappa shape index (κ3) is 2.04. The molecule has 0 fully saturated rings. The summed E-state index contributed by atoms with van der Waals surface area (Å²) in [7, 11) is 2.11. The standard InChI is InChI=1S/C17H20N2O/c1-12-17(13(11-18)10-14-6-5-9-20-14)15-7-3-4-8-16(15)19(12)2/h3-9,13H,10-11,18H2,1-2H3. The summed E-state index contributed by atoms with van der Waals surface area (Å²) in [5.74, 6) is 1.28. The van der Waals surface area contributed by atoms with E-state index in [4.69, 9.17) is 10.2 Å². The fourth-order valence-electron chi connectivity index (χ4n) is 3.04. The summed E-state index contributed by atoms with van der Waals surface area (Å²) in [6.45, 7) is 2.79. The van der Waals surface area contributed by atoms with Gasteiger partial charge in [0.2, 0.25) is 0 Å². The Labute approximate surface area is 119 Å². The third-order valence-electron chi connectivity index (χ3n) is 4.17. The minimum atomic E-state index is 0.284. The molecule has 3 rings (SSSR count). The Balaban J connectivity index is 2.09. The van der Waals surface area contributed by atoms with E-state index in [2.05, 4.69) is 42.8 Å². The summed E-state index contributed by atoms with van der Waals surface area (Å²) in [5.41, 5.74) is 9.94. The lowest BCUT2D eigenvalue weighted by Gasteiger charge is -2.14. The number of nitrogens with two attached hydrogens (primary N) is 1. The van der Waals surface area contributed by atoms with Crippen molar-refractivity contribution < 1.29 is 4.42 Å². The predicted molar refractivity (Wildman–Crippen MR) is 81.9 cm³/mol. The quantitative estimate of drug-likeness (QED) is 0.788. The first-order valence-corrected chi connectivity index (χ1v) is 6.98. The van der Waals surface area contributed by atoms with Crippen LogP contribution in [-0.2, 0) is 13.5 Å². The third-order valence-corrected chi connectivity index (χ3v) is 4.17. The van der Waals surface area contributed by atoms with Crippen molar-refractivity contribution in [1.29, 1.82) is 0 Å². The number of fused-ring (bicyclic) bond motifs is 1. The lowest BCUT2D eigenvalue weighted by Crippen LogP contribution is -2.15. The van der Waals surface area contributed by atoms with Crippen LogP contribution in [0.3, 0.4) is 0 Å². The number of benzene rings is 1. The zero-order valence-electron chi connectivity index (χ0n) is 12.0. The van der Waals surface area contributed by atoms with Crippen LogP contribution in [-0.4, -0.2) is 11.1 Å². The van der Waals surface area contributed by atoms with Gasteiger partial charge in [0.05, 0.1) is 6.26 Å². The van der Waals surface area contributed by atoms with Crippen molar-refractivity contribution in [1.82, 2.24) is 4.57 Å². The minimum Gasteiger partial charge on any atom is -0.469 e. The Bertz CT molecular complexity index is 710. The van der Waals surface area contributed by atoms with Crippen LogP contribution in [0.1, 0.15) is 22.9 Å². The monoisotopic (exact) mass is 268 g/mol. The van der Waals surface area contributed by atoms with Crippen molar-refractivity contribution >= 4 is 10.9 Å². The fourth-order valence-corrected chi connectivity index (χ4v) is 3.04. The summed E-state index contributed by atoms with van der Waals surface area (Å²) >= 11 is 0. The van der Waals surface area contributed by atoms with Gasteiger partial charge in [0.15, 0.2) is 0 Å². The van der Waals surface area contributed by atoms with Crippen molar-refractivity contribution in [3.8, 4) is 0 Å². The van der Waals surface area contributed by atoms with E-state index >= 15 is 0 Å². The molecule has 2 heterocycles. The van der Waals surface area contributed by atoms with Gasteiger partial charge in [0.1, 0.15) is 5.76 Å². The molecule has 0 amide bonds. The number of rotatable bonds is 4. The molecule has 0 saturated carbocycles. The average Bonchev–Trinajstić information content (AvgIpc) is 3.06. The maximum Gasteiger partial charge on any atom is 0.104 e. The van der Waals surface area contributed by atoms with E-state index in [0.29, 0.717) is 6.54 Å². The van der Waals surface area contributed by atoms with Crippen molar-refractivity contribution in [2.24, 2.45) is 12.8 Å². The first-order valence-electron chi connectivity index (χ1n) is 6.98. The van der Waals surface area contributed by atoms with Crippen LogP contribution in [0.25, 0.3) is 10.9 Å². The van der Waals surface area contributed by atoms with Gasteiger partial charge in [-0.1, -0.05) is 18.2 Å². The molecule has 0 saturated heterocycles. The topological polar surface area (TPSA) is 44.1 Å². The molecule has 104 valence electrons. The number of hydrogen-bond donors (Lipinski definition) is 1.